The van der Waals surface area contributed by atoms with Crippen molar-refractivity contribution in [3.63, 3.8) is 0 Å². The molecule has 0 fully saturated rings. The molecule has 1 heterocycles. The van der Waals surface area contributed by atoms with E-state index in [1.807, 2.05) is 18.2 Å². The van der Waals surface area contributed by atoms with Crippen LogP contribution >= 0.6 is 11.6 Å². The van der Waals surface area contributed by atoms with Crippen molar-refractivity contribution in [1.29, 1.82) is 0 Å². The summed E-state index contributed by atoms with van der Waals surface area (Å²) in [4.78, 5) is 0. The van der Waals surface area contributed by atoms with Crippen LogP contribution in [0.4, 0.5) is 0 Å². The summed E-state index contributed by atoms with van der Waals surface area (Å²) >= 11 is 6.07. The smallest absolute Gasteiger partial charge is 0.0852 e. The van der Waals surface area contributed by atoms with Crippen LogP contribution in [-0.2, 0) is 6.42 Å². The van der Waals surface area contributed by atoms with Crippen LogP contribution in [0.5, 0.6) is 0 Å². The molecule has 2 rings (SSSR count). The number of aliphatic hydroxyl groups is 1. The van der Waals surface area contributed by atoms with Crippen molar-refractivity contribution in [2.45, 2.75) is 19.4 Å². The molecule has 0 aliphatic carbocycles. The topological polar surface area (TPSA) is 50.9 Å². The number of hydrogen-bond acceptors (Lipinski definition) is 3. The molecule has 16 heavy (non-hydrogen) atoms. The molecule has 0 radical (unpaired) electrons. The predicted molar refractivity (Wildman–Crippen MR) is 61.8 cm³/mol. The molecule has 1 aromatic carbocycles. The summed E-state index contributed by atoms with van der Waals surface area (Å²) in [5, 5.41) is 17.8. The highest BCUT2D eigenvalue weighted by Crippen LogP contribution is 2.20. The standard InChI is InChI=1S/C11H12ClN3O/c1-8(16)6-9-7-13-14-15(9)11-5-3-2-4-10(11)12/h2-5,7-8,16H,6H2,1H3. The average molecular weight is 238 g/mol. The third-order valence-electron chi connectivity index (χ3n) is 2.21. The number of para-hydroxylation sites is 1. The summed E-state index contributed by atoms with van der Waals surface area (Å²) in [6.07, 6.45) is 1.70. The minimum absolute atomic E-state index is 0.431. The Kier molecular flexibility index (Phi) is 3.22. The zero-order chi connectivity index (χ0) is 11.5. The summed E-state index contributed by atoms with van der Waals surface area (Å²) in [6, 6.07) is 7.40. The highest BCUT2D eigenvalue weighted by atomic mass is 35.5. The van der Waals surface area contributed by atoms with E-state index in [-0.39, 0.29) is 0 Å². The molecular weight excluding hydrogens is 226 g/mol. The average Bonchev–Trinajstić information content (AvgIpc) is 2.66. The molecular formula is C11H12ClN3O. The van der Waals surface area contributed by atoms with Crippen LogP contribution in [0.25, 0.3) is 5.69 Å². The van der Waals surface area contributed by atoms with Gasteiger partial charge in [-0.2, -0.15) is 0 Å². The number of rotatable bonds is 3. The molecule has 0 saturated heterocycles. The van der Waals surface area contributed by atoms with Crippen molar-refractivity contribution < 1.29 is 5.11 Å². The SMILES string of the molecule is CC(O)Cc1cnnn1-c1ccccc1Cl. The first-order valence-corrected chi connectivity index (χ1v) is 5.39. The zero-order valence-corrected chi connectivity index (χ0v) is 9.59. The van der Waals surface area contributed by atoms with Gasteiger partial charge in [-0.05, 0) is 19.1 Å². The molecule has 4 nitrogen and oxygen atoms in total. The first-order valence-electron chi connectivity index (χ1n) is 5.01. The Morgan fingerprint density at radius 2 is 2.19 bits per heavy atom. The fourth-order valence-electron chi connectivity index (χ4n) is 1.52. The highest BCUT2D eigenvalue weighted by Gasteiger charge is 2.10. The Balaban J connectivity index is 2.41. The van der Waals surface area contributed by atoms with Crippen molar-refractivity contribution in [3.05, 3.63) is 41.2 Å². The monoisotopic (exact) mass is 237 g/mol. The summed E-state index contributed by atoms with van der Waals surface area (Å²) in [5.74, 6) is 0. The molecule has 84 valence electrons. The van der Waals surface area contributed by atoms with E-state index in [1.165, 1.54) is 0 Å². The third-order valence-corrected chi connectivity index (χ3v) is 2.52. The molecule has 0 amide bonds. The first kappa shape index (κ1) is 11.1. The lowest BCUT2D eigenvalue weighted by Crippen LogP contribution is -2.10. The van der Waals surface area contributed by atoms with Crippen molar-refractivity contribution in [1.82, 2.24) is 15.0 Å². The van der Waals surface area contributed by atoms with Gasteiger partial charge in [0.1, 0.15) is 0 Å². The second kappa shape index (κ2) is 4.63. The Bertz CT molecular complexity index is 482. The van der Waals surface area contributed by atoms with E-state index in [9.17, 15) is 5.11 Å². The van der Waals surface area contributed by atoms with Crippen LogP contribution in [0.3, 0.4) is 0 Å². The Morgan fingerprint density at radius 1 is 1.44 bits per heavy atom. The van der Waals surface area contributed by atoms with Crippen LogP contribution in [0.2, 0.25) is 5.02 Å². The number of benzene rings is 1. The van der Waals surface area contributed by atoms with Crippen LogP contribution in [0.15, 0.2) is 30.5 Å². The zero-order valence-electron chi connectivity index (χ0n) is 8.84. The quantitative estimate of drug-likeness (QED) is 0.886. The number of nitrogens with zero attached hydrogens (tertiary/aromatic N) is 3. The lowest BCUT2D eigenvalue weighted by Gasteiger charge is -2.08. The number of halogens is 1. The van der Waals surface area contributed by atoms with E-state index < -0.39 is 6.10 Å². The molecule has 0 saturated carbocycles. The molecule has 0 aliphatic heterocycles. The maximum Gasteiger partial charge on any atom is 0.0852 e. The van der Waals surface area contributed by atoms with Gasteiger partial charge >= 0.3 is 0 Å². The van der Waals surface area contributed by atoms with Gasteiger partial charge in [0.05, 0.1) is 28.7 Å². The predicted octanol–water partition coefficient (Wildman–Crippen LogP) is 1.84. The van der Waals surface area contributed by atoms with Crippen LogP contribution < -0.4 is 0 Å². The van der Waals surface area contributed by atoms with Gasteiger partial charge in [-0.25, -0.2) is 4.68 Å². The molecule has 0 aliphatic rings. The lowest BCUT2D eigenvalue weighted by atomic mass is 10.2. The molecule has 0 spiro atoms. The fourth-order valence-corrected chi connectivity index (χ4v) is 1.74. The van der Waals surface area contributed by atoms with Gasteiger partial charge in [0.25, 0.3) is 0 Å². The summed E-state index contributed by atoms with van der Waals surface area (Å²) in [7, 11) is 0. The van der Waals surface area contributed by atoms with Gasteiger partial charge in [0, 0.05) is 6.42 Å². The van der Waals surface area contributed by atoms with Gasteiger partial charge in [0.2, 0.25) is 0 Å². The summed E-state index contributed by atoms with van der Waals surface area (Å²) in [5.41, 5.74) is 1.61. The van der Waals surface area contributed by atoms with Gasteiger partial charge in [-0.15, -0.1) is 5.10 Å². The van der Waals surface area contributed by atoms with E-state index in [1.54, 1.807) is 23.9 Å². The molecule has 5 heteroatoms. The van der Waals surface area contributed by atoms with Gasteiger partial charge in [-0.3, -0.25) is 0 Å². The number of hydrogen-bond donors (Lipinski definition) is 1. The van der Waals surface area contributed by atoms with E-state index in [0.717, 1.165) is 11.4 Å². The van der Waals surface area contributed by atoms with Crippen molar-refractivity contribution >= 4 is 11.6 Å². The summed E-state index contributed by atoms with van der Waals surface area (Å²) in [6.45, 7) is 1.73. The summed E-state index contributed by atoms with van der Waals surface area (Å²) < 4.78 is 1.65. The van der Waals surface area contributed by atoms with E-state index >= 15 is 0 Å². The Labute approximate surface area is 98.5 Å². The number of aromatic nitrogens is 3. The molecule has 1 aromatic heterocycles. The minimum atomic E-state index is -0.431. The molecule has 1 unspecified atom stereocenters. The van der Waals surface area contributed by atoms with E-state index in [0.29, 0.717) is 11.4 Å². The van der Waals surface area contributed by atoms with Gasteiger partial charge < -0.3 is 5.11 Å². The molecule has 0 bridgehead atoms. The first-order chi connectivity index (χ1) is 7.68. The molecule has 1 atom stereocenters. The second-order valence-electron chi connectivity index (χ2n) is 3.64. The van der Waals surface area contributed by atoms with Gasteiger partial charge in [-0.1, -0.05) is 28.9 Å². The van der Waals surface area contributed by atoms with Crippen molar-refractivity contribution in [2.24, 2.45) is 0 Å². The van der Waals surface area contributed by atoms with Crippen LogP contribution in [0.1, 0.15) is 12.6 Å². The van der Waals surface area contributed by atoms with E-state index in [2.05, 4.69) is 10.3 Å². The minimum Gasteiger partial charge on any atom is -0.393 e. The Hall–Kier alpha value is -1.39. The highest BCUT2D eigenvalue weighted by molar-refractivity contribution is 6.32. The maximum absolute atomic E-state index is 9.36. The largest absolute Gasteiger partial charge is 0.393 e. The molecule has 1 N–H and O–H groups in total. The normalized spacial score (nSPS) is 12.7. The van der Waals surface area contributed by atoms with Crippen LogP contribution in [-0.4, -0.2) is 26.2 Å². The van der Waals surface area contributed by atoms with Crippen LogP contribution in [0, 0.1) is 0 Å². The lowest BCUT2D eigenvalue weighted by molar-refractivity contribution is 0.193. The van der Waals surface area contributed by atoms with Crippen molar-refractivity contribution in [3.8, 4) is 5.69 Å². The second-order valence-corrected chi connectivity index (χ2v) is 4.05. The maximum atomic E-state index is 9.36. The third kappa shape index (κ3) is 2.23. The van der Waals surface area contributed by atoms with Crippen molar-refractivity contribution in [2.75, 3.05) is 0 Å². The van der Waals surface area contributed by atoms with Gasteiger partial charge in [0.15, 0.2) is 0 Å². The number of aliphatic hydroxyl groups excluding tert-OH is 1. The van der Waals surface area contributed by atoms with E-state index in [4.69, 9.17) is 11.6 Å². The fraction of sp³-hybridized carbons (Fsp3) is 0.273. The Morgan fingerprint density at radius 3 is 2.88 bits per heavy atom. The molecule has 2 aromatic rings.